The number of piperidine rings is 1. The lowest BCUT2D eigenvalue weighted by atomic mass is 9.89. The van der Waals surface area contributed by atoms with Crippen molar-refractivity contribution in [3.63, 3.8) is 0 Å². The van der Waals surface area contributed by atoms with Crippen LogP contribution < -0.4 is 11.1 Å². The molecule has 4 aromatic rings. The minimum Gasteiger partial charge on any atom is -0.384 e. The third-order valence-corrected chi connectivity index (χ3v) is 6.85. The third kappa shape index (κ3) is 3.63. The van der Waals surface area contributed by atoms with Gasteiger partial charge in [-0.05, 0) is 68.6 Å². The predicted octanol–water partition coefficient (Wildman–Crippen LogP) is 3.98. The van der Waals surface area contributed by atoms with Gasteiger partial charge < -0.3 is 16.0 Å². The van der Waals surface area contributed by atoms with Crippen LogP contribution in [-0.2, 0) is 0 Å². The van der Waals surface area contributed by atoms with Gasteiger partial charge >= 0.3 is 0 Å². The minimum atomic E-state index is 0.0870. The van der Waals surface area contributed by atoms with Crippen LogP contribution in [0.2, 0.25) is 0 Å². The number of hydrogen-bond donors (Lipinski definition) is 4. The van der Waals surface area contributed by atoms with Crippen LogP contribution in [0.3, 0.4) is 0 Å². The summed E-state index contributed by atoms with van der Waals surface area (Å²) in [4.78, 5) is 13.4. The number of aromatic amines is 1. The smallest absolute Gasteiger partial charge is 0.122 e. The number of imidazole rings is 1. The van der Waals surface area contributed by atoms with Gasteiger partial charge in [-0.1, -0.05) is 12.1 Å². The van der Waals surface area contributed by atoms with Crippen LogP contribution >= 0.6 is 11.3 Å². The summed E-state index contributed by atoms with van der Waals surface area (Å²) in [6.45, 7) is 2.16. The van der Waals surface area contributed by atoms with E-state index in [4.69, 9.17) is 21.1 Å². The van der Waals surface area contributed by atoms with Gasteiger partial charge in [-0.3, -0.25) is 5.41 Å². The number of aromatic nitrogens is 3. The molecule has 1 fully saturated rings. The molecular formula is C22H24N6S. The quantitative estimate of drug-likeness (QED) is 0.298. The van der Waals surface area contributed by atoms with Crippen molar-refractivity contribution in [2.75, 3.05) is 13.1 Å². The molecule has 1 aliphatic rings. The predicted molar refractivity (Wildman–Crippen MR) is 119 cm³/mol. The first-order chi connectivity index (χ1) is 14.2. The Balaban J connectivity index is 1.56. The lowest BCUT2D eigenvalue weighted by molar-refractivity contribution is 0.343. The number of hydrogen-bond acceptors (Lipinski definition) is 5. The lowest BCUT2D eigenvalue weighted by Crippen LogP contribution is -2.31. The second kappa shape index (κ2) is 7.57. The maximum atomic E-state index is 7.71. The lowest BCUT2D eigenvalue weighted by Gasteiger charge is -2.25. The second-order valence-electron chi connectivity index (χ2n) is 7.79. The van der Waals surface area contributed by atoms with Gasteiger partial charge in [0.05, 0.1) is 27.2 Å². The number of H-pyrrole nitrogens is 1. The van der Waals surface area contributed by atoms with Crippen LogP contribution in [0.25, 0.3) is 21.3 Å². The average molecular weight is 405 g/mol. The normalized spacial score (nSPS) is 18.3. The summed E-state index contributed by atoms with van der Waals surface area (Å²) in [5, 5.41) is 12.3. The maximum absolute atomic E-state index is 7.71. The molecule has 6 nitrogen and oxygen atoms in total. The summed E-state index contributed by atoms with van der Waals surface area (Å²) in [6, 6.07) is 14.0. The Morgan fingerprint density at radius 3 is 2.90 bits per heavy atom. The molecule has 0 amide bonds. The number of nitrogens with one attached hydrogen (secondary N) is 3. The Bertz CT molecular complexity index is 1140. The number of nitrogens with zero attached hydrogens (tertiary/aromatic N) is 2. The number of amidine groups is 1. The van der Waals surface area contributed by atoms with Gasteiger partial charge in [0.25, 0.3) is 0 Å². The van der Waals surface area contributed by atoms with E-state index in [0.29, 0.717) is 5.92 Å². The highest BCUT2D eigenvalue weighted by Gasteiger charge is 2.27. The zero-order valence-corrected chi connectivity index (χ0v) is 16.9. The van der Waals surface area contributed by atoms with E-state index in [1.807, 2.05) is 36.4 Å². The molecule has 0 saturated carbocycles. The van der Waals surface area contributed by atoms with E-state index in [1.165, 1.54) is 12.8 Å². The highest BCUT2D eigenvalue weighted by Crippen LogP contribution is 2.37. The van der Waals surface area contributed by atoms with Crippen molar-refractivity contribution in [2.45, 2.75) is 25.2 Å². The van der Waals surface area contributed by atoms with Gasteiger partial charge in [0.15, 0.2) is 0 Å². The highest BCUT2D eigenvalue weighted by atomic mass is 32.1. The van der Waals surface area contributed by atoms with Crippen LogP contribution in [0.1, 0.15) is 41.6 Å². The molecular weight excluding hydrogens is 380 g/mol. The van der Waals surface area contributed by atoms with Gasteiger partial charge in [0.1, 0.15) is 16.7 Å². The molecule has 148 valence electrons. The van der Waals surface area contributed by atoms with Gasteiger partial charge in [-0.15, -0.1) is 11.3 Å². The molecule has 3 heterocycles. The molecule has 1 aliphatic heterocycles. The Hall–Kier alpha value is -2.77. The first kappa shape index (κ1) is 18.3. The second-order valence-corrected chi connectivity index (χ2v) is 8.85. The number of thiazole rings is 1. The topological polar surface area (TPSA) is 103 Å². The van der Waals surface area contributed by atoms with Crippen molar-refractivity contribution in [1.82, 2.24) is 20.3 Å². The average Bonchev–Trinajstić information content (AvgIpc) is 3.36. The van der Waals surface area contributed by atoms with Gasteiger partial charge in [-0.25, -0.2) is 9.97 Å². The molecule has 2 aromatic carbocycles. The zero-order chi connectivity index (χ0) is 19.8. The van der Waals surface area contributed by atoms with Gasteiger partial charge in [0.2, 0.25) is 0 Å². The molecule has 0 spiro atoms. The molecule has 2 unspecified atom stereocenters. The number of fused-ring (bicyclic) bond motifs is 2. The van der Waals surface area contributed by atoms with Crippen molar-refractivity contribution in [3.8, 4) is 0 Å². The van der Waals surface area contributed by atoms with E-state index < -0.39 is 0 Å². The van der Waals surface area contributed by atoms with E-state index in [1.54, 1.807) is 11.3 Å². The molecule has 5 rings (SSSR count). The van der Waals surface area contributed by atoms with Crippen molar-refractivity contribution >= 4 is 38.4 Å². The zero-order valence-electron chi connectivity index (χ0n) is 16.1. The van der Waals surface area contributed by atoms with E-state index in [0.717, 1.165) is 57.2 Å². The number of nitrogen functional groups attached to an aromatic ring is 1. The minimum absolute atomic E-state index is 0.0870. The first-order valence-electron chi connectivity index (χ1n) is 10.1. The van der Waals surface area contributed by atoms with E-state index >= 15 is 0 Å². The Morgan fingerprint density at radius 2 is 2.10 bits per heavy atom. The maximum Gasteiger partial charge on any atom is 0.122 e. The van der Waals surface area contributed by atoms with Crippen LogP contribution in [0.5, 0.6) is 0 Å². The fourth-order valence-corrected chi connectivity index (χ4v) is 5.31. The largest absolute Gasteiger partial charge is 0.384 e. The summed E-state index contributed by atoms with van der Waals surface area (Å²) >= 11 is 1.69. The highest BCUT2D eigenvalue weighted by molar-refractivity contribution is 7.18. The SMILES string of the molecule is N=C(N)c1ccc2nc(C(CC3CCCNC3)c3nc4ccccc4[nH]3)sc2c1. The van der Waals surface area contributed by atoms with Crippen molar-refractivity contribution in [3.05, 3.63) is 58.9 Å². The van der Waals surface area contributed by atoms with Crippen LogP contribution in [0, 0.1) is 11.3 Å². The summed E-state index contributed by atoms with van der Waals surface area (Å²) in [5.74, 6) is 1.82. The molecule has 0 radical (unpaired) electrons. The number of rotatable bonds is 5. The Kier molecular flexibility index (Phi) is 4.77. The van der Waals surface area contributed by atoms with E-state index in [9.17, 15) is 0 Å². The molecule has 0 aliphatic carbocycles. The fourth-order valence-electron chi connectivity index (χ4n) is 4.18. The summed E-state index contributed by atoms with van der Waals surface area (Å²) in [7, 11) is 0. The molecule has 5 N–H and O–H groups in total. The molecule has 1 saturated heterocycles. The summed E-state index contributed by atoms with van der Waals surface area (Å²) in [6.07, 6.45) is 3.48. The molecule has 29 heavy (non-hydrogen) atoms. The first-order valence-corrected chi connectivity index (χ1v) is 10.9. The van der Waals surface area contributed by atoms with Crippen LogP contribution in [0.15, 0.2) is 42.5 Å². The Morgan fingerprint density at radius 1 is 1.21 bits per heavy atom. The van der Waals surface area contributed by atoms with Crippen LogP contribution in [-0.4, -0.2) is 33.9 Å². The van der Waals surface area contributed by atoms with Crippen molar-refractivity contribution in [2.24, 2.45) is 11.7 Å². The third-order valence-electron chi connectivity index (χ3n) is 5.72. The van der Waals surface area contributed by atoms with Gasteiger partial charge in [-0.2, -0.15) is 0 Å². The molecule has 0 bridgehead atoms. The standard InChI is InChI=1S/C22H24N6S/c23-20(24)14-7-8-18-19(11-14)29-22(28-18)15(10-13-4-3-9-25-12-13)21-26-16-5-1-2-6-17(16)27-21/h1-2,5-8,11,13,15,25H,3-4,9-10,12H2,(H3,23,24)(H,26,27). The van der Waals surface area contributed by atoms with E-state index in [-0.39, 0.29) is 11.8 Å². The van der Waals surface area contributed by atoms with Crippen molar-refractivity contribution in [1.29, 1.82) is 5.41 Å². The number of nitrogens with two attached hydrogens (primary N) is 1. The van der Waals surface area contributed by atoms with Gasteiger partial charge in [0, 0.05) is 5.56 Å². The molecule has 2 atom stereocenters. The van der Waals surface area contributed by atoms with E-state index in [2.05, 4.69) is 16.4 Å². The summed E-state index contributed by atoms with van der Waals surface area (Å²) in [5.41, 5.74) is 9.43. The number of para-hydroxylation sites is 2. The Labute approximate surface area is 173 Å². The molecule has 2 aromatic heterocycles. The fraction of sp³-hybridized carbons (Fsp3) is 0.318. The summed E-state index contributed by atoms with van der Waals surface area (Å²) < 4.78 is 1.07. The van der Waals surface area contributed by atoms with Crippen LogP contribution in [0.4, 0.5) is 0 Å². The molecule has 7 heteroatoms. The van der Waals surface area contributed by atoms with Crippen molar-refractivity contribution < 1.29 is 0 Å². The number of benzene rings is 2. The monoisotopic (exact) mass is 404 g/mol.